The molecule has 1 aromatic carbocycles. The Morgan fingerprint density at radius 1 is 1.29 bits per heavy atom. The molecule has 0 spiro atoms. The summed E-state index contributed by atoms with van der Waals surface area (Å²) in [5.41, 5.74) is 4.40. The zero-order chi connectivity index (χ0) is 12.5. The van der Waals surface area contributed by atoms with Crippen LogP contribution in [0.1, 0.15) is 30.9 Å². The predicted octanol–water partition coefficient (Wildman–Crippen LogP) is 2.88. The third-order valence-corrected chi connectivity index (χ3v) is 3.99. The third kappa shape index (κ3) is 2.63. The Hall–Kier alpha value is -1.02. The Labute approximate surface area is 105 Å². The van der Waals surface area contributed by atoms with E-state index in [0.717, 1.165) is 6.54 Å². The highest BCUT2D eigenvalue weighted by molar-refractivity contribution is 5.55. The minimum absolute atomic E-state index is 0.260. The summed E-state index contributed by atoms with van der Waals surface area (Å²) in [6, 6.07) is 6.76. The van der Waals surface area contributed by atoms with E-state index in [9.17, 15) is 0 Å². The van der Waals surface area contributed by atoms with E-state index in [1.165, 1.54) is 36.2 Å². The van der Waals surface area contributed by atoms with Crippen molar-refractivity contribution in [3.63, 3.8) is 0 Å². The number of piperidine rings is 1. The van der Waals surface area contributed by atoms with Gasteiger partial charge in [-0.25, -0.2) is 0 Å². The van der Waals surface area contributed by atoms with Gasteiger partial charge < -0.3 is 10.2 Å². The second-order valence-corrected chi connectivity index (χ2v) is 5.63. The first kappa shape index (κ1) is 12.4. The predicted molar refractivity (Wildman–Crippen MR) is 74.8 cm³/mol. The highest BCUT2D eigenvalue weighted by Gasteiger charge is 2.29. The van der Waals surface area contributed by atoms with Crippen LogP contribution in [0.3, 0.4) is 0 Å². The molecule has 0 aromatic heterocycles. The lowest BCUT2D eigenvalue weighted by Crippen LogP contribution is -2.54. The lowest BCUT2D eigenvalue weighted by atomic mass is 9.90. The van der Waals surface area contributed by atoms with Gasteiger partial charge in [-0.3, -0.25) is 0 Å². The average Bonchev–Trinajstić information content (AvgIpc) is 2.29. The van der Waals surface area contributed by atoms with Crippen molar-refractivity contribution in [1.29, 1.82) is 0 Å². The fourth-order valence-electron chi connectivity index (χ4n) is 2.81. The van der Waals surface area contributed by atoms with Crippen molar-refractivity contribution in [1.82, 2.24) is 5.32 Å². The van der Waals surface area contributed by atoms with Gasteiger partial charge in [0.1, 0.15) is 0 Å². The van der Waals surface area contributed by atoms with E-state index in [0.29, 0.717) is 0 Å². The van der Waals surface area contributed by atoms with Crippen LogP contribution in [-0.4, -0.2) is 25.7 Å². The molecular weight excluding hydrogens is 208 g/mol. The van der Waals surface area contributed by atoms with Gasteiger partial charge >= 0.3 is 0 Å². The Balaban J connectivity index is 2.22. The molecule has 1 aliphatic heterocycles. The molecule has 1 fully saturated rings. The lowest BCUT2D eigenvalue weighted by molar-refractivity contribution is 0.316. The van der Waals surface area contributed by atoms with Crippen molar-refractivity contribution >= 4 is 5.69 Å². The molecule has 0 amide bonds. The zero-order valence-corrected chi connectivity index (χ0v) is 11.5. The van der Waals surface area contributed by atoms with Crippen LogP contribution in [0.2, 0.25) is 0 Å². The zero-order valence-electron chi connectivity index (χ0n) is 11.5. The van der Waals surface area contributed by atoms with Crippen LogP contribution >= 0.6 is 0 Å². The Morgan fingerprint density at radius 2 is 2.06 bits per heavy atom. The number of nitrogens with one attached hydrogen (secondary N) is 1. The maximum absolute atomic E-state index is 3.47. The number of hydrogen-bond donors (Lipinski definition) is 1. The lowest BCUT2D eigenvalue weighted by Gasteiger charge is -2.42. The van der Waals surface area contributed by atoms with Gasteiger partial charge in [-0.15, -0.1) is 0 Å². The maximum Gasteiger partial charge on any atom is 0.0396 e. The van der Waals surface area contributed by atoms with Crippen LogP contribution in [0.5, 0.6) is 0 Å². The summed E-state index contributed by atoms with van der Waals surface area (Å²) in [6.07, 6.45) is 2.54. The van der Waals surface area contributed by atoms with Gasteiger partial charge in [-0.2, -0.15) is 0 Å². The van der Waals surface area contributed by atoms with Crippen LogP contribution in [-0.2, 0) is 0 Å². The minimum Gasteiger partial charge on any atom is -0.369 e. The van der Waals surface area contributed by atoms with E-state index in [2.05, 4.69) is 56.2 Å². The quantitative estimate of drug-likeness (QED) is 0.843. The summed E-state index contributed by atoms with van der Waals surface area (Å²) in [4.78, 5) is 2.52. The van der Waals surface area contributed by atoms with Crippen molar-refractivity contribution < 1.29 is 0 Å². The van der Waals surface area contributed by atoms with Crippen LogP contribution in [0.15, 0.2) is 18.2 Å². The van der Waals surface area contributed by atoms with Gasteiger partial charge in [0, 0.05) is 24.3 Å². The molecule has 17 heavy (non-hydrogen) atoms. The number of likely N-dealkylation sites (N-methyl/N-ethyl adjacent to an activating group) is 1. The molecule has 2 heteroatoms. The Morgan fingerprint density at radius 3 is 2.71 bits per heavy atom. The van der Waals surface area contributed by atoms with Gasteiger partial charge in [0.05, 0.1) is 0 Å². The van der Waals surface area contributed by atoms with Crippen LogP contribution in [0, 0.1) is 13.8 Å². The topological polar surface area (TPSA) is 15.3 Å². The van der Waals surface area contributed by atoms with Crippen molar-refractivity contribution in [2.75, 3.05) is 25.0 Å². The van der Waals surface area contributed by atoms with Crippen LogP contribution < -0.4 is 10.2 Å². The molecule has 1 saturated heterocycles. The second kappa shape index (κ2) is 4.69. The van der Waals surface area contributed by atoms with Crippen LogP contribution in [0.25, 0.3) is 0 Å². The first-order valence-electron chi connectivity index (χ1n) is 6.55. The minimum atomic E-state index is 0.260. The summed E-state index contributed by atoms with van der Waals surface area (Å²) in [7, 11) is 2.07. The number of anilines is 1. The largest absolute Gasteiger partial charge is 0.369 e. The second-order valence-electron chi connectivity index (χ2n) is 5.63. The normalized spacial score (nSPS) is 25.1. The monoisotopic (exact) mass is 232 g/mol. The van der Waals surface area contributed by atoms with Gasteiger partial charge in [-0.05, 0) is 52.3 Å². The maximum atomic E-state index is 3.47. The molecule has 2 nitrogen and oxygen atoms in total. The van der Waals surface area contributed by atoms with Crippen molar-refractivity contribution in [3.05, 3.63) is 29.3 Å². The number of nitrogens with zero attached hydrogens (tertiary/aromatic N) is 1. The fraction of sp³-hybridized carbons (Fsp3) is 0.600. The Kier molecular flexibility index (Phi) is 3.43. The molecule has 0 radical (unpaired) electrons. The number of aryl methyl sites for hydroxylation is 2. The van der Waals surface area contributed by atoms with Crippen molar-refractivity contribution in [2.45, 2.75) is 39.2 Å². The summed E-state index contributed by atoms with van der Waals surface area (Å²) in [5, 5.41) is 3.47. The molecule has 0 saturated carbocycles. The van der Waals surface area contributed by atoms with E-state index in [4.69, 9.17) is 0 Å². The van der Waals surface area contributed by atoms with Crippen molar-refractivity contribution in [3.8, 4) is 0 Å². The summed E-state index contributed by atoms with van der Waals surface area (Å²) < 4.78 is 0. The van der Waals surface area contributed by atoms with Gasteiger partial charge in [0.25, 0.3) is 0 Å². The highest BCUT2D eigenvalue weighted by atomic mass is 15.2. The highest BCUT2D eigenvalue weighted by Crippen LogP contribution is 2.28. The van der Waals surface area contributed by atoms with Gasteiger partial charge in [0.15, 0.2) is 0 Å². The molecule has 1 aromatic rings. The number of hydrogen-bond acceptors (Lipinski definition) is 2. The number of rotatable bonds is 2. The van der Waals surface area contributed by atoms with Gasteiger partial charge in [-0.1, -0.05) is 17.7 Å². The molecule has 1 N–H and O–H groups in total. The molecule has 0 aliphatic carbocycles. The van der Waals surface area contributed by atoms with Crippen LogP contribution in [0.4, 0.5) is 5.69 Å². The molecule has 2 rings (SSSR count). The van der Waals surface area contributed by atoms with E-state index >= 15 is 0 Å². The molecule has 1 atom stereocenters. The average molecular weight is 232 g/mol. The third-order valence-electron chi connectivity index (χ3n) is 3.99. The Bertz CT molecular complexity index is 400. The molecule has 1 unspecified atom stereocenters. The molecule has 94 valence electrons. The summed E-state index contributed by atoms with van der Waals surface area (Å²) >= 11 is 0. The molecule has 1 aliphatic rings. The standard InChI is InChI=1S/C15H24N2/c1-12-6-7-14(13(2)10-12)17-9-5-8-15(3,11-17)16-4/h6-7,10,16H,5,8-9,11H2,1-4H3. The van der Waals surface area contributed by atoms with E-state index in [-0.39, 0.29) is 5.54 Å². The molecule has 0 bridgehead atoms. The van der Waals surface area contributed by atoms with E-state index in [1.807, 2.05) is 0 Å². The number of benzene rings is 1. The SMILES string of the molecule is CNC1(C)CCCN(c2ccc(C)cc2C)C1. The fourth-order valence-corrected chi connectivity index (χ4v) is 2.81. The first-order chi connectivity index (χ1) is 8.04. The summed E-state index contributed by atoms with van der Waals surface area (Å²) in [5.74, 6) is 0. The molecule has 1 heterocycles. The van der Waals surface area contributed by atoms with Crippen molar-refractivity contribution in [2.24, 2.45) is 0 Å². The smallest absolute Gasteiger partial charge is 0.0396 e. The van der Waals surface area contributed by atoms with E-state index < -0.39 is 0 Å². The summed E-state index contributed by atoms with van der Waals surface area (Å²) in [6.45, 7) is 8.98. The van der Waals surface area contributed by atoms with Gasteiger partial charge in [0.2, 0.25) is 0 Å². The molecular formula is C15H24N2. The first-order valence-corrected chi connectivity index (χ1v) is 6.55. The van der Waals surface area contributed by atoms with E-state index in [1.54, 1.807) is 0 Å².